The Kier molecular flexibility index (Phi) is 6.10. The Hall–Kier alpha value is 0.368. The van der Waals surface area contributed by atoms with Crippen LogP contribution in [0.3, 0.4) is 0 Å². The van der Waals surface area contributed by atoms with Crippen molar-refractivity contribution < 1.29 is 4.74 Å². The maximum absolute atomic E-state index is 5.34. The summed E-state index contributed by atoms with van der Waals surface area (Å²) in [5.41, 5.74) is 1.17. The van der Waals surface area contributed by atoms with Crippen molar-refractivity contribution in [1.82, 2.24) is 0 Å². The molecule has 1 nitrogen and oxygen atoms in total. The molecular weight excluding hydrogens is 373 g/mol. The van der Waals surface area contributed by atoms with Gasteiger partial charge in [-0.3, -0.25) is 0 Å². The summed E-state index contributed by atoms with van der Waals surface area (Å²) in [6.07, 6.45) is 4.10. The summed E-state index contributed by atoms with van der Waals surface area (Å²) in [5, 5.41) is 0. The van der Waals surface area contributed by atoms with Crippen LogP contribution in [0.25, 0.3) is 6.08 Å². The molecule has 12 heavy (non-hydrogen) atoms. The van der Waals surface area contributed by atoms with E-state index in [0.29, 0.717) is 6.61 Å². The van der Waals surface area contributed by atoms with E-state index < -0.39 is 0 Å². The molecule has 3 heteroatoms. The second-order valence-electron chi connectivity index (χ2n) is 2.25. The second kappa shape index (κ2) is 5.92. The summed E-state index contributed by atoms with van der Waals surface area (Å²) in [5.74, 6) is 0.991. The molecule has 0 spiro atoms. The average Bonchev–Trinajstić information content (AvgIpc) is 2.05. The molecule has 1 aromatic carbocycles. The molecular formula is C9H13OSbTe. The number of fused-ring (bicyclic) bond motifs is 1. The third-order valence-electron chi connectivity index (χ3n) is 1.55. The molecule has 0 radical (unpaired) electrons. The number of benzene rings is 1. The van der Waals surface area contributed by atoms with E-state index in [9.17, 15) is 0 Å². The molecule has 0 bridgehead atoms. The average molecular weight is 387 g/mol. The van der Waals surface area contributed by atoms with Gasteiger partial charge < -0.3 is 4.74 Å². The molecule has 1 aromatic rings. The van der Waals surface area contributed by atoms with Crippen molar-refractivity contribution in [3.8, 4) is 5.75 Å². The summed E-state index contributed by atoms with van der Waals surface area (Å²) in [4.78, 5) is 0. The molecule has 0 amide bonds. The molecule has 1 heterocycles. The zero-order valence-electron chi connectivity index (χ0n) is 6.79. The van der Waals surface area contributed by atoms with Gasteiger partial charge in [0.1, 0.15) is 12.4 Å². The molecule has 1 aliphatic rings. The van der Waals surface area contributed by atoms with Crippen molar-refractivity contribution in [1.29, 1.82) is 0 Å². The fraction of sp³-hybridized carbons (Fsp3) is 0.111. The van der Waals surface area contributed by atoms with Crippen molar-refractivity contribution in [3.05, 3.63) is 35.9 Å². The molecule has 0 N–H and O–H groups in total. The second-order valence-corrected chi connectivity index (χ2v) is 2.25. The van der Waals surface area contributed by atoms with Crippen LogP contribution in [0, 0.1) is 0 Å². The Morgan fingerprint density at radius 1 is 1.17 bits per heavy atom. The SMILES string of the molecule is C1=Cc2ccccc2OC1.[SbH3].[TeH2]. The zero-order valence-corrected chi connectivity index (χ0v) is 13.7. The van der Waals surface area contributed by atoms with Crippen LogP contribution in [0.15, 0.2) is 30.3 Å². The van der Waals surface area contributed by atoms with Crippen molar-refractivity contribution in [2.45, 2.75) is 0 Å². The molecule has 0 fully saturated rings. The van der Waals surface area contributed by atoms with Crippen LogP contribution in [-0.2, 0) is 0 Å². The van der Waals surface area contributed by atoms with Gasteiger partial charge in [0.05, 0.1) is 0 Å². The Morgan fingerprint density at radius 3 is 2.67 bits per heavy atom. The summed E-state index contributed by atoms with van der Waals surface area (Å²) in [6, 6.07) is 8.03. The first-order valence-electron chi connectivity index (χ1n) is 3.35. The van der Waals surface area contributed by atoms with Gasteiger partial charge in [-0.05, 0) is 12.1 Å². The van der Waals surface area contributed by atoms with Gasteiger partial charge in [0.15, 0.2) is 0 Å². The van der Waals surface area contributed by atoms with Gasteiger partial charge in [0.25, 0.3) is 0 Å². The van der Waals surface area contributed by atoms with E-state index >= 15 is 0 Å². The summed E-state index contributed by atoms with van der Waals surface area (Å²) >= 11 is 0. The van der Waals surface area contributed by atoms with Gasteiger partial charge >= 0.3 is 48.1 Å². The van der Waals surface area contributed by atoms with Crippen LogP contribution in [0.5, 0.6) is 5.75 Å². The Bertz CT molecular complexity index is 273. The Labute approximate surface area is 106 Å². The van der Waals surface area contributed by atoms with E-state index in [0.717, 1.165) is 5.75 Å². The van der Waals surface area contributed by atoms with E-state index in [1.807, 2.05) is 30.3 Å². The number of ether oxygens (including phenoxy) is 1. The minimum absolute atomic E-state index is 0. The molecule has 0 saturated heterocycles. The Balaban J connectivity index is 0.000000605. The quantitative estimate of drug-likeness (QED) is 0.570. The van der Waals surface area contributed by atoms with Crippen molar-refractivity contribution in [3.63, 3.8) is 0 Å². The van der Waals surface area contributed by atoms with Gasteiger partial charge in [0, 0.05) is 5.56 Å². The third-order valence-corrected chi connectivity index (χ3v) is 1.55. The summed E-state index contributed by atoms with van der Waals surface area (Å²) in [7, 11) is 0. The fourth-order valence-corrected chi connectivity index (χ4v) is 1.06. The molecule has 0 saturated carbocycles. The Morgan fingerprint density at radius 2 is 1.92 bits per heavy atom. The normalized spacial score (nSPS) is 11.7. The van der Waals surface area contributed by atoms with Crippen LogP contribution >= 0.6 is 0 Å². The monoisotopic (exact) mass is 388 g/mol. The molecule has 66 valence electrons. The summed E-state index contributed by atoms with van der Waals surface area (Å²) in [6.45, 7) is 0.705. The molecule has 0 atom stereocenters. The van der Waals surface area contributed by atoms with Crippen LogP contribution in [0.1, 0.15) is 5.56 Å². The van der Waals surface area contributed by atoms with Gasteiger partial charge in [-0.15, -0.1) is 0 Å². The van der Waals surface area contributed by atoms with E-state index in [-0.39, 0.29) is 48.1 Å². The fourth-order valence-electron chi connectivity index (χ4n) is 1.06. The summed E-state index contributed by atoms with van der Waals surface area (Å²) < 4.78 is 5.34. The zero-order chi connectivity index (χ0) is 6.81. The van der Waals surface area contributed by atoms with Gasteiger partial charge in [0.2, 0.25) is 0 Å². The van der Waals surface area contributed by atoms with Crippen LogP contribution in [0.4, 0.5) is 0 Å². The van der Waals surface area contributed by atoms with Crippen LogP contribution < -0.4 is 4.74 Å². The third kappa shape index (κ3) is 2.70. The first kappa shape index (κ1) is 12.4. The molecule has 1 aliphatic heterocycles. The predicted octanol–water partition coefficient (Wildman–Crippen LogP) is -0.00790. The van der Waals surface area contributed by atoms with E-state index in [1.165, 1.54) is 5.56 Å². The maximum atomic E-state index is 5.34. The number of para-hydroxylation sites is 1. The number of hydrogen-bond acceptors (Lipinski definition) is 1. The standard InChI is InChI=1S/C9H8O.Sb.H2Te.3H/c1-2-6-9-8(4-1)5-3-7-10-9;;;;;/h1-6H,7H2;;1H2;;;. The number of hydrogen-bond donors (Lipinski definition) is 0. The van der Waals surface area contributed by atoms with Crippen molar-refractivity contribution in [2.75, 3.05) is 6.61 Å². The minimum atomic E-state index is 0. The topological polar surface area (TPSA) is 9.23 Å². The van der Waals surface area contributed by atoms with E-state index in [1.54, 1.807) is 0 Å². The first-order chi connectivity index (χ1) is 4.97. The van der Waals surface area contributed by atoms with Gasteiger partial charge in [-0.2, -0.15) is 0 Å². The van der Waals surface area contributed by atoms with E-state index in [2.05, 4.69) is 6.08 Å². The van der Waals surface area contributed by atoms with Crippen LogP contribution in [0.2, 0.25) is 0 Å². The first-order valence-corrected chi connectivity index (χ1v) is 3.35. The van der Waals surface area contributed by atoms with Gasteiger partial charge in [-0.25, -0.2) is 0 Å². The molecule has 2 rings (SSSR count). The molecule has 0 aliphatic carbocycles. The van der Waals surface area contributed by atoms with Crippen LogP contribution in [-0.4, -0.2) is 54.7 Å². The van der Waals surface area contributed by atoms with Crippen molar-refractivity contribution in [2.24, 2.45) is 0 Å². The predicted molar refractivity (Wildman–Crippen MR) is 59.5 cm³/mol. The number of rotatable bonds is 0. The van der Waals surface area contributed by atoms with E-state index in [4.69, 9.17) is 4.74 Å². The van der Waals surface area contributed by atoms with Crippen molar-refractivity contribution >= 4 is 54.2 Å². The molecule has 0 aromatic heterocycles. The van der Waals surface area contributed by atoms with Gasteiger partial charge in [-0.1, -0.05) is 24.3 Å². The molecule has 0 unspecified atom stereocenters.